The Balaban J connectivity index is 0.000000312. The normalized spacial score (nSPS) is 14.8. The molecular weight excluding hydrogens is 1440 g/mol. The molecule has 0 spiro atoms. The van der Waals surface area contributed by atoms with E-state index in [1.54, 1.807) is 18.2 Å². The van der Waals surface area contributed by atoms with Gasteiger partial charge in [-0.2, -0.15) is 0 Å². The van der Waals surface area contributed by atoms with Crippen LogP contribution in [0.15, 0.2) is 84.9 Å². The maximum atomic E-state index is 13.6. The lowest BCUT2D eigenvalue weighted by Gasteiger charge is -2.30. The van der Waals surface area contributed by atoms with E-state index in [9.17, 15) is 44.9 Å². The third kappa shape index (κ3) is 26.2. The molecule has 7 N–H and O–H groups in total. The van der Waals surface area contributed by atoms with Crippen LogP contribution in [0.25, 0.3) is 16.0 Å². The standard InChI is InChI=1S/C29H44O2.C28H42O2.C16H24O3.C16H26O2.C15H18FNO/c1-26(2,3)20-14-18(15-21(24(20)30)27(4,5)6)13-19-16-22(28(7,8)9)25(31)23(17-19)29(10,11)12;1-25(2,3)19-13-17(14-20(23(19)29)26(4,5)6)18-15-21(27(7,8)9)24(30)22(16-18)28(10,11)12;1-15(2,3)11-8-10(14(18)19-7)9-12(13(11)17)16(4,5)6;1-8-18-11-9-12(15(2,3)4)14(17)13(10-11)16(5,6)7;1-3-10-4-6-11(7-5-10)12-8-13(16)15(17-2)14(18)9-12/h14-17,30-31H,13H2,1-12H3;13-16,29-30H,1-12H3;8-9,17H,1-7H3;9-10,17H,8H2,1-7H3;8-11,18H,3-7H2,1H3. The van der Waals surface area contributed by atoms with Crippen molar-refractivity contribution in [2.45, 2.75) is 373 Å². The van der Waals surface area contributed by atoms with E-state index in [-0.39, 0.29) is 88.1 Å². The fourth-order valence-electron chi connectivity index (χ4n) is 14.9. The lowest BCUT2D eigenvalue weighted by atomic mass is 9.75. The van der Waals surface area contributed by atoms with Crippen LogP contribution in [0.2, 0.25) is 0 Å². The number of halogens is 1. The summed E-state index contributed by atoms with van der Waals surface area (Å²) < 4.78 is 24.0. The van der Waals surface area contributed by atoms with Crippen LogP contribution in [-0.2, 0) is 76.1 Å². The number of nitrogens with zero attached hydrogens (tertiary/aromatic N) is 1. The Hall–Kier alpha value is -8.17. The van der Waals surface area contributed by atoms with Gasteiger partial charge in [0.15, 0.2) is 0 Å². The van der Waals surface area contributed by atoms with E-state index in [1.165, 1.54) is 43.6 Å². The van der Waals surface area contributed by atoms with Crippen LogP contribution in [0.1, 0.15) is 395 Å². The predicted molar refractivity (Wildman–Crippen MR) is 487 cm³/mol. The fourth-order valence-corrected chi connectivity index (χ4v) is 14.9. The first kappa shape index (κ1) is 100. The van der Waals surface area contributed by atoms with Gasteiger partial charge in [0, 0.05) is 44.5 Å². The van der Waals surface area contributed by atoms with E-state index in [2.05, 4.69) is 268 Å². The quantitative estimate of drug-likeness (QED) is 0.0571. The molecule has 11 nitrogen and oxygen atoms in total. The maximum absolute atomic E-state index is 13.6. The third-order valence-corrected chi connectivity index (χ3v) is 22.0. The van der Waals surface area contributed by atoms with E-state index < -0.39 is 5.82 Å². The molecule has 0 unspecified atom stereocenters. The summed E-state index contributed by atoms with van der Waals surface area (Å²) in [5, 5.41) is 74.9. The van der Waals surface area contributed by atoms with Crippen molar-refractivity contribution in [3.8, 4) is 57.1 Å². The molecule has 12 heteroatoms. The molecule has 0 aromatic heterocycles. The number of esters is 1. The van der Waals surface area contributed by atoms with E-state index in [0.717, 1.165) is 114 Å². The average molecular weight is 1600 g/mol. The Labute approximate surface area is 702 Å². The first-order chi connectivity index (χ1) is 52.2. The molecule has 116 heavy (non-hydrogen) atoms. The number of hydrogen-bond acceptors (Lipinski definition) is 10. The van der Waals surface area contributed by atoms with Gasteiger partial charge in [-0.15, -0.1) is 0 Å². The number of phenolic OH excluding ortho intramolecular Hbond substituents is 7. The molecule has 1 fully saturated rings. The molecule has 0 atom stereocenters. The molecule has 1 saturated carbocycles. The summed E-state index contributed by atoms with van der Waals surface area (Å²) in [6, 6.07) is 27.4. The molecule has 0 aliphatic heterocycles. The second-order valence-electron chi connectivity index (χ2n) is 44.9. The van der Waals surface area contributed by atoms with Gasteiger partial charge in [0.25, 0.3) is 5.69 Å². The highest BCUT2D eigenvalue weighted by Crippen LogP contribution is 2.50. The number of phenols is 7. The highest BCUT2D eigenvalue weighted by atomic mass is 19.1. The van der Waals surface area contributed by atoms with Crippen molar-refractivity contribution in [2.24, 2.45) is 5.92 Å². The van der Waals surface area contributed by atoms with E-state index >= 15 is 0 Å². The van der Waals surface area contributed by atoms with Crippen LogP contribution in [0.5, 0.6) is 46.0 Å². The molecule has 0 saturated heterocycles. The van der Waals surface area contributed by atoms with Gasteiger partial charge in [-0.1, -0.05) is 287 Å². The highest BCUT2D eigenvalue weighted by Gasteiger charge is 2.35. The van der Waals surface area contributed by atoms with Crippen LogP contribution in [0.3, 0.4) is 0 Å². The van der Waals surface area contributed by atoms with Crippen LogP contribution in [0, 0.1) is 18.3 Å². The number of rotatable bonds is 8. The van der Waals surface area contributed by atoms with Crippen LogP contribution in [0.4, 0.5) is 10.1 Å². The average Bonchev–Trinajstić information content (AvgIpc) is 0.692. The number of benzene rings is 7. The lowest BCUT2D eigenvalue weighted by Crippen LogP contribution is -2.19. The third-order valence-electron chi connectivity index (χ3n) is 22.0. The number of carbonyl (C=O) groups is 1. The van der Waals surface area contributed by atoms with Gasteiger partial charge in [-0.25, -0.2) is 14.0 Å². The van der Waals surface area contributed by atoms with Crippen LogP contribution < -0.4 is 4.74 Å². The van der Waals surface area contributed by atoms with Gasteiger partial charge in [0.05, 0.1) is 25.9 Å². The van der Waals surface area contributed by atoms with E-state index in [0.29, 0.717) is 46.8 Å². The number of carbonyl (C=O) groups excluding carboxylic acids is 1. The molecule has 1 aliphatic carbocycles. The summed E-state index contributed by atoms with van der Waals surface area (Å²) in [4.78, 5) is 14.8. The molecule has 642 valence electrons. The van der Waals surface area contributed by atoms with Crippen molar-refractivity contribution in [1.82, 2.24) is 0 Å². The summed E-state index contributed by atoms with van der Waals surface area (Å²) in [6.45, 7) is 87.7. The van der Waals surface area contributed by atoms with E-state index in [1.807, 2.05) is 60.6 Å². The summed E-state index contributed by atoms with van der Waals surface area (Å²) in [7, 11) is 1.36. The molecule has 0 radical (unpaired) electrons. The van der Waals surface area contributed by atoms with Crippen molar-refractivity contribution in [2.75, 3.05) is 13.7 Å². The largest absolute Gasteiger partial charge is 0.519 e. The van der Waals surface area contributed by atoms with Gasteiger partial charge in [0.2, 0.25) is 0 Å². The Morgan fingerprint density at radius 2 is 0.612 bits per heavy atom. The molecule has 8 rings (SSSR count). The zero-order valence-electron chi connectivity index (χ0n) is 79.4. The fraction of sp³-hybridized carbons (Fsp3) is 0.577. The molecule has 0 amide bonds. The van der Waals surface area contributed by atoms with Gasteiger partial charge >= 0.3 is 5.97 Å². The summed E-state index contributed by atoms with van der Waals surface area (Å²) in [6.07, 6.45) is 6.42. The molecule has 7 aromatic carbocycles. The first-order valence-electron chi connectivity index (χ1n) is 42.0. The summed E-state index contributed by atoms with van der Waals surface area (Å²) in [5.41, 5.74) is 14.8. The molecular formula is C104H154FNO10. The Morgan fingerprint density at radius 3 is 0.828 bits per heavy atom. The van der Waals surface area contributed by atoms with Crippen molar-refractivity contribution < 1.29 is 54.4 Å². The second kappa shape index (κ2) is 36.6. The minimum Gasteiger partial charge on any atom is -0.519 e. The summed E-state index contributed by atoms with van der Waals surface area (Å²) >= 11 is 0. The zero-order chi connectivity index (χ0) is 89.9. The maximum Gasteiger partial charge on any atom is 0.337 e. The molecule has 7 aromatic rings. The van der Waals surface area contributed by atoms with Crippen molar-refractivity contribution in [3.05, 3.63) is 191 Å². The second-order valence-corrected chi connectivity index (χ2v) is 44.9. The predicted octanol–water partition coefficient (Wildman–Crippen LogP) is 28.8. The summed E-state index contributed by atoms with van der Waals surface area (Å²) in [5.74, 6) is 3.05. The van der Waals surface area contributed by atoms with E-state index in [4.69, 9.17) is 16.0 Å². The first-order valence-corrected chi connectivity index (χ1v) is 42.0. The SMILES string of the molecule is CC(C)(C)c1cc(-c2cc(C(C)(C)C)c(O)c(C(C)(C)C)c2)cc(C(C)(C)C)c1O.CC(C)(C)c1cc(Cc2cc(C(C)(C)C)c(O)c(C(C)(C)C)c2)cc(C(C)(C)C)c1O.CCOc1cc(C(C)(C)C)c(O)c(C(C)(C)C)c1.COC(=O)c1cc(C(C)(C)C)c(O)c(C(C)(C)C)c1.[C-]#[N+]c1c(O)cc(C2CCC(CC)CC2)cc1F. The van der Waals surface area contributed by atoms with Crippen molar-refractivity contribution in [3.63, 3.8) is 0 Å². The smallest absolute Gasteiger partial charge is 0.337 e. The van der Waals surface area contributed by atoms with Gasteiger partial charge < -0.3 is 45.2 Å². The number of ether oxygens (including phenoxy) is 2. The molecule has 0 heterocycles. The molecule has 1 aliphatic rings. The topological polar surface area (TPSA) is 182 Å². The van der Waals surface area contributed by atoms with Gasteiger partial charge in [-0.05, 0) is 227 Å². The minimum absolute atomic E-state index is 0.100. The Bertz CT molecular complexity index is 4210. The zero-order valence-corrected chi connectivity index (χ0v) is 79.4. The van der Waals surface area contributed by atoms with Gasteiger partial charge in [-0.3, -0.25) is 0 Å². The number of aromatic hydroxyl groups is 7. The monoisotopic (exact) mass is 1600 g/mol. The Kier molecular flexibility index (Phi) is 31.6. The Morgan fingerprint density at radius 1 is 0.371 bits per heavy atom. The molecule has 0 bridgehead atoms. The lowest BCUT2D eigenvalue weighted by molar-refractivity contribution is 0.0600. The number of hydrogen-bond donors (Lipinski definition) is 7. The van der Waals surface area contributed by atoms with Crippen LogP contribution >= 0.6 is 0 Å². The highest BCUT2D eigenvalue weighted by molar-refractivity contribution is 5.90. The van der Waals surface area contributed by atoms with Crippen molar-refractivity contribution >= 4 is 11.7 Å². The minimum atomic E-state index is -0.599. The van der Waals surface area contributed by atoms with Crippen molar-refractivity contribution in [1.29, 1.82) is 0 Å². The van der Waals surface area contributed by atoms with Crippen LogP contribution in [-0.4, -0.2) is 55.4 Å². The number of methoxy groups -OCH3 is 1. The van der Waals surface area contributed by atoms with Gasteiger partial charge in [0.1, 0.15) is 51.8 Å².